The van der Waals surface area contributed by atoms with Gasteiger partial charge in [0.05, 0.1) is 9.16 Å². The lowest BCUT2D eigenvalue weighted by Gasteiger charge is -2.37. The van der Waals surface area contributed by atoms with Gasteiger partial charge in [0.2, 0.25) is 0 Å². The van der Waals surface area contributed by atoms with Gasteiger partial charge >= 0.3 is 0 Å². The molecule has 0 saturated heterocycles. The predicted molar refractivity (Wildman–Crippen MR) is 72.2 cm³/mol. The van der Waals surface area contributed by atoms with Crippen molar-refractivity contribution in [2.45, 2.75) is 43.9 Å². The van der Waals surface area contributed by atoms with Crippen LogP contribution in [0.15, 0.2) is 12.1 Å². The molecule has 0 bridgehead atoms. The molecule has 1 aromatic heterocycles. The highest BCUT2D eigenvalue weighted by Gasteiger charge is 2.35. The van der Waals surface area contributed by atoms with E-state index in [2.05, 4.69) is 28.9 Å². The van der Waals surface area contributed by atoms with Crippen LogP contribution in [0.4, 0.5) is 0 Å². The fourth-order valence-corrected chi connectivity index (χ4v) is 4.53. The van der Waals surface area contributed by atoms with Gasteiger partial charge in [-0.1, -0.05) is 53.7 Å². The molecule has 0 amide bonds. The molecule has 1 unspecified atom stereocenters. The predicted octanol–water partition coefficient (Wildman–Crippen LogP) is 5.81. The zero-order valence-corrected chi connectivity index (χ0v) is 12.1. The fourth-order valence-electron chi connectivity index (χ4n) is 2.42. The van der Waals surface area contributed by atoms with Crippen LogP contribution in [-0.4, -0.2) is 0 Å². The summed E-state index contributed by atoms with van der Waals surface area (Å²) in [5, 5.41) is 0. The fraction of sp³-hybridized carbons (Fsp3) is 0.667. The van der Waals surface area contributed by atoms with Crippen molar-refractivity contribution in [3.8, 4) is 0 Å². The molecule has 0 spiro atoms. The van der Waals surface area contributed by atoms with E-state index < -0.39 is 0 Å². The summed E-state index contributed by atoms with van der Waals surface area (Å²) >= 11 is 11.6. The molecule has 0 aliphatic heterocycles. The summed E-state index contributed by atoms with van der Waals surface area (Å²) < 4.78 is 0.897. The number of hydrogen-bond donors (Lipinski definition) is 0. The molecule has 1 heterocycles. The standard InChI is InChI=1S/C12H16BrClS/c1-12(7-3-2-4-8-12)11(13)9-5-6-10(14)15-9/h5-6,11H,2-4,7-8H2,1H3. The number of thiophene rings is 1. The van der Waals surface area contributed by atoms with E-state index in [1.54, 1.807) is 11.3 Å². The van der Waals surface area contributed by atoms with Crippen molar-refractivity contribution in [2.24, 2.45) is 5.41 Å². The smallest absolute Gasteiger partial charge is 0.0931 e. The maximum absolute atomic E-state index is 5.99. The number of alkyl halides is 1. The Balaban J connectivity index is 2.15. The first-order valence-electron chi connectivity index (χ1n) is 5.51. The summed E-state index contributed by atoms with van der Waals surface area (Å²) in [7, 11) is 0. The quantitative estimate of drug-likeness (QED) is 0.605. The average Bonchev–Trinajstić information content (AvgIpc) is 2.65. The van der Waals surface area contributed by atoms with E-state index in [1.807, 2.05) is 6.07 Å². The van der Waals surface area contributed by atoms with E-state index in [1.165, 1.54) is 37.0 Å². The van der Waals surface area contributed by atoms with Gasteiger partial charge in [-0.2, -0.15) is 0 Å². The molecule has 1 saturated carbocycles. The molecule has 1 atom stereocenters. The van der Waals surface area contributed by atoms with Gasteiger partial charge in [0.1, 0.15) is 0 Å². The molecule has 0 N–H and O–H groups in total. The maximum Gasteiger partial charge on any atom is 0.0931 e. The van der Waals surface area contributed by atoms with E-state index in [-0.39, 0.29) is 0 Å². The molecule has 1 aliphatic carbocycles. The highest BCUT2D eigenvalue weighted by molar-refractivity contribution is 9.09. The summed E-state index contributed by atoms with van der Waals surface area (Å²) in [5.74, 6) is 0. The Morgan fingerprint density at radius 2 is 2.00 bits per heavy atom. The lowest BCUT2D eigenvalue weighted by molar-refractivity contribution is 0.214. The molecule has 1 fully saturated rings. The van der Waals surface area contributed by atoms with Gasteiger partial charge < -0.3 is 0 Å². The summed E-state index contributed by atoms with van der Waals surface area (Å²) in [6, 6.07) is 4.16. The lowest BCUT2D eigenvalue weighted by Crippen LogP contribution is -2.24. The summed E-state index contributed by atoms with van der Waals surface area (Å²) in [6.07, 6.45) is 6.81. The van der Waals surface area contributed by atoms with E-state index in [9.17, 15) is 0 Å². The minimum absolute atomic E-state index is 0.423. The Hall–Kier alpha value is 0.470. The molecule has 3 heteroatoms. The molecule has 1 aromatic rings. The third-order valence-electron chi connectivity index (χ3n) is 3.45. The molecular weight excluding hydrogens is 292 g/mol. The second kappa shape index (κ2) is 4.77. The van der Waals surface area contributed by atoms with Gasteiger partial charge in [0, 0.05) is 4.88 Å². The Bertz CT molecular complexity index is 328. The van der Waals surface area contributed by atoms with E-state index >= 15 is 0 Å². The first-order valence-corrected chi connectivity index (χ1v) is 7.62. The largest absolute Gasteiger partial charge is 0.127 e. The zero-order chi connectivity index (χ0) is 10.9. The van der Waals surface area contributed by atoms with Crippen LogP contribution in [0.25, 0.3) is 0 Å². The molecule has 84 valence electrons. The molecule has 15 heavy (non-hydrogen) atoms. The van der Waals surface area contributed by atoms with Crippen LogP contribution in [0.1, 0.15) is 48.7 Å². The highest BCUT2D eigenvalue weighted by atomic mass is 79.9. The van der Waals surface area contributed by atoms with Crippen molar-refractivity contribution < 1.29 is 0 Å². The topological polar surface area (TPSA) is 0 Å². The lowest BCUT2D eigenvalue weighted by atomic mass is 9.73. The second-order valence-electron chi connectivity index (χ2n) is 4.72. The van der Waals surface area contributed by atoms with Crippen molar-refractivity contribution in [2.75, 3.05) is 0 Å². The van der Waals surface area contributed by atoms with Crippen LogP contribution in [-0.2, 0) is 0 Å². The summed E-state index contributed by atoms with van der Waals surface area (Å²) in [6.45, 7) is 2.40. The number of rotatable bonds is 2. The van der Waals surface area contributed by atoms with Gasteiger partial charge in [-0.15, -0.1) is 11.3 Å². The van der Waals surface area contributed by atoms with E-state index in [4.69, 9.17) is 11.6 Å². The van der Waals surface area contributed by atoms with Gasteiger partial charge in [-0.25, -0.2) is 0 Å². The maximum atomic E-state index is 5.99. The van der Waals surface area contributed by atoms with Crippen LogP contribution >= 0.6 is 38.9 Å². The molecule has 0 aromatic carbocycles. The first kappa shape index (κ1) is 11.9. The van der Waals surface area contributed by atoms with Crippen LogP contribution in [0.2, 0.25) is 4.34 Å². The molecule has 2 rings (SSSR count). The van der Waals surface area contributed by atoms with Gasteiger partial charge in [0.25, 0.3) is 0 Å². The first-order chi connectivity index (χ1) is 7.12. The number of halogens is 2. The Labute approximate surface area is 109 Å². The van der Waals surface area contributed by atoms with Crippen molar-refractivity contribution in [1.29, 1.82) is 0 Å². The third kappa shape index (κ3) is 2.59. The Kier molecular flexibility index (Phi) is 3.79. The molecular formula is C12H16BrClS. The third-order valence-corrected chi connectivity index (χ3v) is 6.65. The second-order valence-corrected chi connectivity index (χ2v) is 7.38. The Morgan fingerprint density at radius 1 is 1.33 bits per heavy atom. The zero-order valence-electron chi connectivity index (χ0n) is 8.93. The number of hydrogen-bond acceptors (Lipinski definition) is 1. The molecule has 0 radical (unpaired) electrons. The van der Waals surface area contributed by atoms with Crippen LogP contribution in [0.5, 0.6) is 0 Å². The monoisotopic (exact) mass is 306 g/mol. The average molecular weight is 308 g/mol. The van der Waals surface area contributed by atoms with Crippen molar-refractivity contribution in [1.82, 2.24) is 0 Å². The molecule has 1 aliphatic rings. The van der Waals surface area contributed by atoms with E-state index in [0.717, 1.165) is 4.34 Å². The normalized spacial score (nSPS) is 22.6. The van der Waals surface area contributed by atoms with Crippen molar-refractivity contribution >= 4 is 38.9 Å². The van der Waals surface area contributed by atoms with Gasteiger partial charge in [0.15, 0.2) is 0 Å². The summed E-state index contributed by atoms with van der Waals surface area (Å²) in [5.41, 5.74) is 0.423. The van der Waals surface area contributed by atoms with Crippen LogP contribution in [0, 0.1) is 5.41 Å². The highest BCUT2D eigenvalue weighted by Crippen LogP contribution is 2.51. The minimum atomic E-state index is 0.423. The summed E-state index contributed by atoms with van der Waals surface area (Å²) in [4.78, 5) is 1.85. The van der Waals surface area contributed by atoms with Crippen molar-refractivity contribution in [3.05, 3.63) is 21.3 Å². The van der Waals surface area contributed by atoms with Gasteiger partial charge in [-0.3, -0.25) is 0 Å². The Morgan fingerprint density at radius 3 is 2.53 bits per heavy atom. The minimum Gasteiger partial charge on any atom is -0.127 e. The van der Waals surface area contributed by atoms with Gasteiger partial charge in [-0.05, 0) is 30.4 Å². The van der Waals surface area contributed by atoms with Crippen LogP contribution in [0.3, 0.4) is 0 Å². The van der Waals surface area contributed by atoms with E-state index in [0.29, 0.717) is 10.2 Å². The van der Waals surface area contributed by atoms with Crippen LogP contribution < -0.4 is 0 Å². The molecule has 0 nitrogen and oxygen atoms in total. The van der Waals surface area contributed by atoms with Crippen molar-refractivity contribution in [3.63, 3.8) is 0 Å². The SMILES string of the molecule is CC1(C(Br)c2ccc(Cl)s2)CCCCC1.